The molecule has 7 heteroatoms. The van der Waals surface area contributed by atoms with E-state index in [0.717, 1.165) is 0 Å². The lowest BCUT2D eigenvalue weighted by Crippen LogP contribution is -2.02. The summed E-state index contributed by atoms with van der Waals surface area (Å²) in [6.45, 7) is 0. The van der Waals surface area contributed by atoms with E-state index in [1.165, 1.54) is 13.2 Å². The summed E-state index contributed by atoms with van der Waals surface area (Å²) in [6.07, 6.45) is 1.39. The second-order valence-electron chi connectivity index (χ2n) is 4.31. The van der Waals surface area contributed by atoms with Crippen molar-refractivity contribution in [2.24, 2.45) is 5.11 Å². The third kappa shape index (κ3) is 4.51. The lowest BCUT2D eigenvalue weighted by atomic mass is 10.1. The van der Waals surface area contributed by atoms with Crippen LogP contribution in [-0.2, 0) is 9.53 Å². The van der Waals surface area contributed by atoms with E-state index in [2.05, 4.69) is 14.8 Å². The van der Waals surface area contributed by atoms with Gasteiger partial charge in [-0.3, -0.25) is 0 Å². The fourth-order valence-corrected chi connectivity index (χ4v) is 1.96. The lowest BCUT2D eigenvalue weighted by molar-refractivity contribution is -0.136. The molecular formula is C16H12ClN3O3. The molecule has 0 amide bonds. The maximum atomic E-state index is 11.6. The van der Waals surface area contributed by atoms with E-state index in [-0.39, 0.29) is 5.70 Å². The van der Waals surface area contributed by atoms with E-state index in [4.69, 9.17) is 21.9 Å². The van der Waals surface area contributed by atoms with Crippen molar-refractivity contribution >= 4 is 23.6 Å². The van der Waals surface area contributed by atoms with Gasteiger partial charge in [0.15, 0.2) is 0 Å². The molecule has 0 fully saturated rings. The van der Waals surface area contributed by atoms with Crippen LogP contribution >= 0.6 is 11.6 Å². The number of nitrogens with zero attached hydrogens (tertiary/aromatic N) is 3. The van der Waals surface area contributed by atoms with Crippen molar-refractivity contribution in [1.82, 2.24) is 0 Å². The predicted molar refractivity (Wildman–Crippen MR) is 87.1 cm³/mol. The first-order chi connectivity index (χ1) is 11.1. The van der Waals surface area contributed by atoms with Crippen LogP contribution in [0.15, 0.2) is 59.3 Å². The van der Waals surface area contributed by atoms with Gasteiger partial charge in [0.1, 0.15) is 17.2 Å². The largest absolute Gasteiger partial charge is 0.466 e. The van der Waals surface area contributed by atoms with Crippen LogP contribution in [-0.4, -0.2) is 13.1 Å². The minimum absolute atomic E-state index is 0.169. The van der Waals surface area contributed by atoms with Crippen molar-refractivity contribution in [3.63, 3.8) is 0 Å². The number of carbonyl (C=O) groups excluding carboxylic acids is 1. The number of rotatable bonds is 5. The van der Waals surface area contributed by atoms with Crippen molar-refractivity contribution in [2.75, 3.05) is 7.11 Å². The predicted octanol–water partition coefficient (Wildman–Crippen LogP) is 4.96. The summed E-state index contributed by atoms with van der Waals surface area (Å²) in [7, 11) is 1.21. The zero-order valence-electron chi connectivity index (χ0n) is 12.1. The Kier molecular flexibility index (Phi) is 5.63. The number of benzene rings is 2. The number of hydrogen-bond donors (Lipinski definition) is 0. The van der Waals surface area contributed by atoms with Gasteiger partial charge in [-0.15, -0.1) is 0 Å². The van der Waals surface area contributed by atoms with Crippen LogP contribution in [0.25, 0.3) is 16.5 Å². The summed E-state index contributed by atoms with van der Waals surface area (Å²) in [6, 6.07) is 13.9. The number of ether oxygens (including phenoxy) is 2. The molecule has 0 aliphatic carbocycles. The quantitative estimate of drug-likeness (QED) is 0.255. The normalized spacial score (nSPS) is 10.6. The average molecular weight is 330 g/mol. The molecule has 0 spiro atoms. The van der Waals surface area contributed by atoms with Gasteiger partial charge in [-0.2, -0.15) is 0 Å². The molecule has 0 unspecified atom stereocenters. The van der Waals surface area contributed by atoms with Crippen LogP contribution in [0.5, 0.6) is 11.5 Å². The van der Waals surface area contributed by atoms with Gasteiger partial charge in [-0.05, 0) is 35.9 Å². The Balaban J connectivity index is 2.40. The second kappa shape index (κ2) is 7.89. The maximum Gasteiger partial charge on any atom is 0.340 e. The molecule has 0 bridgehead atoms. The Hall–Kier alpha value is -2.95. The van der Waals surface area contributed by atoms with Gasteiger partial charge in [-0.1, -0.05) is 41.0 Å². The third-order valence-corrected chi connectivity index (χ3v) is 3.02. The number of azide groups is 1. The monoisotopic (exact) mass is 329 g/mol. The van der Waals surface area contributed by atoms with E-state index in [0.29, 0.717) is 22.1 Å². The van der Waals surface area contributed by atoms with Crippen molar-refractivity contribution in [2.45, 2.75) is 0 Å². The highest BCUT2D eigenvalue weighted by atomic mass is 35.5. The summed E-state index contributed by atoms with van der Waals surface area (Å²) in [5.74, 6) is 0.284. The molecule has 0 N–H and O–H groups in total. The van der Waals surface area contributed by atoms with Crippen LogP contribution in [0.3, 0.4) is 0 Å². The van der Waals surface area contributed by atoms with E-state index >= 15 is 0 Å². The van der Waals surface area contributed by atoms with Crippen LogP contribution in [0.4, 0.5) is 0 Å². The molecule has 0 saturated carbocycles. The highest BCUT2D eigenvalue weighted by Gasteiger charge is 2.10. The smallest absolute Gasteiger partial charge is 0.340 e. The Morgan fingerprint density at radius 3 is 2.74 bits per heavy atom. The molecule has 0 atom stereocenters. The molecule has 0 aliphatic rings. The number of para-hydroxylation sites is 1. The zero-order chi connectivity index (χ0) is 16.7. The number of esters is 1. The molecule has 0 heterocycles. The van der Waals surface area contributed by atoms with Crippen molar-refractivity contribution < 1.29 is 14.3 Å². The Morgan fingerprint density at radius 2 is 2.04 bits per heavy atom. The fraction of sp³-hybridized carbons (Fsp3) is 0.0625. The Bertz CT molecular complexity index is 799. The van der Waals surface area contributed by atoms with Gasteiger partial charge in [-0.25, -0.2) is 4.79 Å². The summed E-state index contributed by atoms with van der Waals surface area (Å²) < 4.78 is 10.3. The molecule has 2 aromatic rings. The Labute approximate surface area is 137 Å². The van der Waals surface area contributed by atoms with Gasteiger partial charge in [0.05, 0.1) is 7.11 Å². The SMILES string of the molecule is COC(=O)/C(=C\c1ccccc1Oc1cccc(Cl)c1)N=[N+]=[N-]. The molecule has 23 heavy (non-hydrogen) atoms. The minimum atomic E-state index is -0.736. The standard InChI is InChI=1S/C16H12ClN3O3/c1-22-16(21)14(19-20-18)9-11-5-2-3-8-15(11)23-13-7-4-6-12(17)10-13/h2-10H,1H3/b14-9+. The molecule has 116 valence electrons. The molecule has 0 saturated heterocycles. The minimum Gasteiger partial charge on any atom is -0.466 e. The van der Waals surface area contributed by atoms with Crippen LogP contribution in [0, 0.1) is 0 Å². The van der Waals surface area contributed by atoms with Crippen LogP contribution < -0.4 is 4.74 Å². The van der Waals surface area contributed by atoms with E-state index in [1.807, 2.05) is 0 Å². The van der Waals surface area contributed by atoms with E-state index in [1.54, 1.807) is 48.5 Å². The van der Waals surface area contributed by atoms with Gasteiger partial charge in [0.2, 0.25) is 0 Å². The summed E-state index contributed by atoms with van der Waals surface area (Å²) in [5, 5.41) is 3.88. The summed E-state index contributed by atoms with van der Waals surface area (Å²) >= 11 is 5.93. The second-order valence-corrected chi connectivity index (χ2v) is 4.74. The first-order valence-electron chi connectivity index (χ1n) is 6.51. The van der Waals surface area contributed by atoms with Crippen molar-refractivity contribution in [3.8, 4) is 11.5 Å². The molecule has 0 radical (unpaired) electrons. The van der Waals surface area contributed by atoms with Gasteiger partial charge in [0, 0.05) is 15.5 Å². The molecule has 6 nitrogen and oxygen atoms in total. The number of halogens is 1. The lowest BCUT2D eigenvalue weighted by Gasteiger charge is -2.09. The Morgan fingerprint density at radius 1 is 1.26 bits per heavy atom. The molecular weight excluding hydrogens is 318 g/mol. The molecule has 0 aromatic heterocycles. The molecule has 2 aromatic carbocycles. The van der Waals surface area contributed by atoms with Crippen LogP contribution in [0.2, 0.25) is 5.02 Å². The zero-order valence-corrected chi connectivity index (χ0v) is 12.9. The topological polar surface area (TPSA) is 84.3 Å². The molecule has 2 rings (SSSR count). The summed E-state index contributed by atoms with van der Waals surface area (Å²) in [4.78, 5) is 14.2. The van der Waals surface area contributed by atoms with Crippen LogP contribution in [0.1, 0.15) is 5.56 Å². The number of carbonyl (C=O) groups is 1. The molecule has 0 aliphatic heterocycles. The van der Waals surface area contributed by atoms with E-state index in [9.17, 15) is 4.79 Å². The van der Waals surface area contributed by atoms with Gasteiger partial charge >= 0.3 is 5.97 Å². The first kappa shape index (κ1) is 16.4. The third-order valence-electron chi connectivity index (χ3n) is 2.78. The number of hydrogen-bond acceptors (Lipinski definition) is 4. The highest BCUT2D eigenvalue weighted by molar-refractivity contribution is 6.30. The first-order valence-corrected chi connectivity index (χ1v) is 6.89. The summed E-state index contributed by atoms with van der Waals surface area (Å²) in [5.41, 5.74) is 8.94. The maximum absolute atomic E-state index is 11.6. The average Bonchev–Trinajstić information content (AvgIpc) is 2.55. The number of methoxy groups -OCH3 is 1. The van der Waals surface area contributed by atoms with Crippen molar-refractivity contribution in [1.29, 1.82) is 0 Å². The highest BCUT2D eigenvalue weighted by Crippen LogP contribution is 2.28. The van der Waals surface area contributed by atoms with Gasteiger partial charge < -0.3 is 9.47 Å². The van der Waals surface area contributed by atoms with Crippen molar-refractivity contribution in [3.05, 3.63) is 75.3 Å². The van der Waals surface area contributed by atoms with Gasteiger partial charge in [0.25, 0.3) is 0 Å². The van der Waals surface area contributed by atoms with E-state index < -0.39 is 5.97 Å². The fourth-order valence-electron chi connectivity index (χ4n) is 1.78.